The van der Waals surface area contributed by atoms with Crippen molar-refractivity contribution in [3.05, 3.63) is 0 Å². The molecule has 0 heterocycles. The van der Waals surface area contributed by atoms with E-state index in [1.165, 1.54) is 13.8 Å². The van der Waals surface area contributed by atoms with Gasteiger partial charge >= 0.3 is 33.3 Å². The highest BCUT2D eigenvalue weighted by Crippen LogP contribution is 2.69. The predicted octanol–water partition coefficient (Wildman–Crippen LogP) is 5.56. The topological polar surface area (TPSA) is 133 Å². The van der Waals surface area contributed by atoms with Crippen molar-refractivity contribution in [3.8, 4) is 0 Å². The minimum absolute atomic E-state index is 0.00432. The van der Waals surface area contributed by atoms with Crippen LogP contribution < -0.4 is 0 Å². The van der Waals surface area contributed by atoms with Gasteiger partial charge in [0.2, 0.25) is 0 Å². The summed E-state index contributed by atoms with van der Waals surface area (Å²) in [5, 5.41) is -4.56. The third-order valence-corrected chi connectivity index (χ3v) is 12.5. The molecule has 4 aliphatic carbocycles. The smallest absolute Gasteiger partial charge is 0.402 e. The first kappa shape index (κ1) is 33.1. The molecule has 4 aliphatic rings. The molecule has 4 fully saturated rings. The van der Waals surface area contributed by atoms with E-state index in [-0.39, 0.29) is 53.2 Å². The lowest BCUT2D eigenvalue weighted by atomic mass is 9.43. The van der Waals surface area contributed by atoms with Crippen molar-refractivity contribution in [3.63, 3.8) is 0 Å². The molecular formula is C30H46F2O9S. The molecule has 42 heavy (non-hydrogen) atoms. The Hall–Kier alpha value is -1.82. The average molecular weight is 621 g/mol. The molecule has 0 aliphatic heterocycles. The van der Waals surface area contributed by atoms with Crippen LogP contribution in [-0.2, 0) is 38.7 Å². The van der Waals surface area contributed by atoms with Gasteiger partial charge in [0.15, 0.2) is 6.61 Å². The molecule has 9 nitrogen and oxygen atoms in total. The number of fused-ring (bicyclic) bond motifs is 5. The number of ether oxygens (including phenoxy) is 3. The number of rotatable bonds is 9. The minimum Gasteiger partial charge on any atom is -0.463 e. The minimum atomic E-state index is -5.68. The maximum atomic E-state index is 13.5. The standard InChI is InChI=1S/C30H46F2O9S/c1-17(6-11-27(35)39-16-30(31,32)42(36,37)38)23-9-10-24-22-8-7-20-14-21(40-18(2)33)12-13-28(20,4)25(22)15-26(29(23,24)5)41-19(3)34/h17,20-26H,6-16H2,1-5H3,(H,36,37,38)/t17-,20?,21-,22+,23-,24+,25+,26+,28+,29-/m1/s1. The summed E-state index contributed by atoms with van der Waals surface area (Å²) in [5.41, 5.74) is -0.247. The predicted molar refractivity (Wildman–Crippen MR) is 148 cm³/mol. The molecule has 1 N–H and O–H groups in total. The molecule has 10 atom stereocenters. The highest BCUT2D eigenvalue weighted by atomic mass is 32.2. The van der Waals surface area contributed by atoms with E-state index in [0.29, 0.717) is 30.1 Å². The van der Waals surface area contributed by atoms with Gasteiger partial charge in [0.25, 0.3) is 0 Å². The summed E-state index contributed by atoms with van der Waals surface area (Å²) in [7, 11) is -5.68. The van der Waals surface area contributed by atoms with E-state index in [0.717, 1.165) is 51.4 Å². The zero-order valence-electron chi connectivity index (χ0n) is 25.3. The zero-order valence-corrected chi connectivity index (χ0v) is 26.1. The Morgan fingerprint density at radius 2 is 1.64 bits per heavy atom. The van der Waals surface area contributed by atoms with Crippen LogP contribution >= 0.6 is 0 Å². The molecule has 0 aromatic rings. The zero-order chi connectivity index (χ0) is 31.3. The summed E-state index contributed by atoms with van der Waals surface area (Å²) in [6, 6.07) is 0. The highest BCUT2D eigenvalue weighted by molar-refractivity contribution is 7.86. The van der Waals surface area contributed by atoms with Crippen LogP contribution in [-0.4, -0.2) is 54.9 Å². The Kier molecular flexibility index (Phi) is 9.40. The van der Waals surface area contributed by atoms with Crippen LogP contribution in [0, 0.1) is 46.3 Å². The average Bonchev–Trinajstić information content (AvgIpc) is 3.24. The highest BCUT2D eigenvalue weighted by Gasteiger charge is 2.65. The lowest BCUT2D eigenvalue weighted by molar-refractivity contribution is -0.197. The molecule has 0 aromatic carbocycles. The number of hydrogen-bond acceptors (Lipinski definition) is 8. The molecule has 12 heteroatoms. The van der Waals surface area contributed by atoms with Crippen LogP contribution in [0.5, 0.6) is 0 Å². The van der Waals surface area contributed by atoms with E-state index in [1.54, 1.807) is 0 Å². The maximum Gasteiger partial charge on any atom is 0.402 e. The lowest BCUT2D eigenvalue weighted by Gasteiger charge is -2.62. The Balaban J connectivity index is 1.47. The van der Waals surface area contributed by atoms with E-state index in [1.807, 2.05) is 6.92 Å². The van der Waals surface area contributed by atoms with E-state index < -0.39 is 27.9 Å². The van der Waals surface area contributed by atoms with Gasteiger partial charge in [-0.3, -0.25) is 18.9 Å². The fourth-order valence-electron chi connectivity index (χ4n) is 9.69. The van der Waals surface area contributed by atoms with E-state index >= 15 is 0 Å². The SMILES string of the molecule is CC(=O)O[C@@H]1CC[C@@]2(C)C(CC[C@H]3[C@@H]4CC[C@H]([C@H](C)CCC(=O)OCC(F)(F)S(=O)(=O)O)[C@@]4(C)[C@@H](OC(C)=O)C[C@@H]32)C1. The van der Waals surface area contributed by atoms with Gasteiger partial charge in [-0.05, 0) is 98.7 Å². The molecule has 0 radical (unpaired) electrons. The van der Waals surface area contributed by atoms with Crippen molar-refractivity contribution in [1.29, 1.82) is 0 Å². The van der Waals surface area contributed by atoms with Crippen molar-refractivity contribution in [2.75, 3.05) is 6.61 Å². The Morgan fingerprint density at radius 3 is 2.26 bits per heavy atom. The Morgan fingerprint density at radius 1 is 0.976 bits per heavy atom. The van der Waals surface area contributed by atoms with Gasteiger partial charge in [-0.15, -0.1) is 0 Å². The fraction of sp³-hybridized carbons (Fsp3) is 0.900. The molecule has 4 saturated carbocycles. The van der Waals surface area contributed by atoms with Gasteiger partial charge in [0.1, 0.15) is 12.2 Å². The molecular weight excluding hydrogens is 574 g/mol. The third-order valence-electron chi connectivity index (χ3n) is 11.7. The first-order valence-corrected chi connectivity index (χ1v) is 16.7. The van der Waals surface area contributed by atoms with Crippen molar-refractivity contribution >= 4 is 28.0 Å². The first-order valence-electron chi connectivity index (χ1n) is 15.2. The molecule has 1 unspecified atom stereocenters. The number of esters is 3. The largest absolute Gasteiger partial charge is 0.463 e. The van der Waals surface area contributed by atoms with Crippen molar-refractivity contribution in [2.45, 2.75) is 116 Å². The van der Waals surface area contributed by atoms with Gasteiger partial charge in [-0.1, -0.05) is 20.8 Å². The fourth-order valence-corrected chi connectivity index (χ4v) is 9.90. The van der Waals surface area contributed by atoms with Gasteiger partial charge in [0.05, 0.1) is 0 Å². The summed E-state index contributed by atoms with van der Waals surface area (Å²) in [6.45, 7) is 7.76. The van der Waals surface area contributed by atoms with Crippen LogP contribution in [0.4, 0.5) is 8.78 Å². The second kappa shape index (κ2) is 11.9. The van der Waals surface area contributed by atoms with Crippen LogP contribution in [0.15, 0.2) is 0 Å². The van der Waals surface area contributed by atoms with Crippen molar-refractivity contribution < 1.29 is 50.3 Å². The second-order valence-electron chi connectivity index (χ2n) is 13.8. The number of carbonyl (C=O) groups is 3. The molecule has 0 amide bonds. The first-order chi connectivity index (χ1) is 19.4. The third kappa shape index (κ3) is 6.21. The van der Waals surface area contributed by atoms with Crippen LogP contribution in [0.2, 0.25) is 0 Å². The number of alkyl halides is 2. The molecule has 0 saturated heterocycles. The quantitative estimate of drug-likeness (QED) is 0.200. The van der Waals surface area contributed by atoms with Gasteiger partial charge in [-0.25, -0.2) is 0 Å². The normalized spacial score (nSPS) is 38.8. The van der Waals surface area contributed by atoms with Crippen LogP contribution in [0.1, 0.15) is 98.8 Å². The Labute approximate surface area is 247 Å². The molecule has 240 valence electrons. The summed E-state index contributed by atoms with van der Waals surface area (Å²) in [6.07, 6.45) is 7.28. The maximum absolute atomic E-state index is 13.5. The number of carbonyl (C=O) groups excluding carboxylic acids is 3. The van der Waals surface area contributed by atoms with Crippen molar-refractivity contribution in [2.24, 2.45) is 46.3 Å². The molecule has 0 aromatic heterocycles. The number of halogens is 2. The van der Waals surface area contributed by atoms with Crippen LogP contribution in [0.25, 0.3) is 0 Å². The second-order valence-corrected chi connectivity index (χ2v) is 15.4. The molecule has 0 spiro atoms. The molecule has 0 bridgehead atoms. The summed E-state index contributed by atoms with van der Waals surface area (Å²) >= 11 is 0. The van der Waals surface area contributed by atoms with Crippen LogP contribution in [0.3, 0.4) is 0 Å². The number of hydrogen-bond donors (Lipinski definition) is 1. The van der Waals surface area contributed by atoms with Gasteiger partial charge in [-0.2, -0.15) is 17.2 Å². The van der Waals surface area contributed by atoms with E-state index in [2.05, 4.69) is 18.6 Å². The summed E-state index contributed by atoms with van der Waals surface area (Å²) in [5.74, 6) is 0.226. The monoisotopic (exact) mass is 620 g/mol. The van der Waals surface area contributed by atoms with E-state index in [4.69, 9.17) is 14.0 Å². The lowest BCUT2D eigenvalue weighted by Crippen LogP contribution is -2.59. The van der Waals surface area contributed by atoms with Gasteiger partial charge in [0, 0.05) is 25.7 Å². The summed E-state index contributed by atoms with van der Waals surface area (Å²) < 4.78 is 73.4. The van der Waals surface area contributed by atoms with E-state index in [9.17, 15) is 31.6 Å². The van der Waals surface area contributed by atoms with Gasteiger partial charge < -0.3 is 14.2 Å². The molecule has 4 rings (SSSR count). The summed E-state index contributed by atoms with van der Waals surface area (Å²) in [4.78, 5) is 36.2. The van der Waals surface area contributed by atoms with Crippen molar-refractivity contribution in [1.82, 2.24) is 0 Å². The Bertz CT molecular complexity index is 1160.